The molecule has 1 atom stereocenters. The molecule has 0 bridgehead atoms. The Bertz CT molecular complexity index is 1370. The molecule has 8 heteroatoms. The zero-order chi connectivity index (χ0) is 22.2. The predicted octanol–water partition coefficient (Wildman–Crippen LogP) is 5.85. The molecule has 0 saturated carbocycles. The third-order valence-electron chi connectivity index (χ3n) is 5.44. The smallest absolute Gasteiger partial charge is 0.234 e. The molecule has 0 saturated heterocycles. The van der Waals surface area contributed by atoms with Crippen LogP contribution in [0.3, 0.4) is 0 Å². The molecule has 0 aliphatic carbocycles. The van der Waals surface area contributed by atoms with Gasteiger partial charge in [0.25, 0.3) is 0 Å². The number of benzene rings is 2. The van der Waals surface area contributed by atoms with Gasteiger partial charge < -0.3 is 15.5 Å². The SMILES string of the molecule is O=C(Nc1cc2ccncc2s1)C(Cn1c(O)c2ccccc2c1O)c1ccc(Br)cc1. The summed E-state index contributed by atoms with van der Waals surface area (Å²) in [4.78, 5) is 17.5. The Labute approximate surface area is 195 Å². The van der Waals surface area contributed by atoms with Crippen molar-refractivity contribution in [1.82, 2.24) is 9.55 Å². The number of fused-ring (bicyclic) bond motifs is 2. The molecule has 0 aliphatic heterocycles. The van der Waals surface area contributed by atoms with Crippen LogP contribution < -0.4 is 5.32 Å². The topological polar surface area (TPSA) is 87.4 Å². The van der Waals surface area contributed by atoms with Gasteiger partial charge in [-0.3, -0.25) is 14.3 Å². The van der Waals surface area contributed by atoms with Crippen LogP contribution in [0.1, 0.15) is 11.5 Å². The number of carbonyl (C=O) groups is 1. The van der Waals surface area contributed by atoms with Crippen molar-refractivity contribution in [3.8, 4) is 11.8 Å². The molecule has 0 fully saturated rings. The molecule has 1 amide bonds. The molecule has 3 aromatic heterocycles. The van der Waals surface area contributed by atoms with Gasteiger partial charge in [-0.05, 0) is 47.3 Å². The lowest BCUT2D eigenvalue weighted by molar-refractivity contribution is -0.117. The van der Waals surface area contributed by atoms with Crippen LogP contribution in [-0.2, 0) is 11.3 Å². The van der Waals surface area contributed by atoms with E-state index in [9.17, 15) is 15.0 Å². The molecular formula is C24H18BrN3O3S. The van der Waals surface area contributed by atoms with Crippen LogP contribution in [0.25, 0.3) is 20.9 Å². The molecule has 0 radical (unpaired) electrons. The third kappa shape index (κ3) is 3.72. The lowest BCUT2D eigenvalue weighted by Gasteiger charge is -2.19. The molecule has 5 rings (SSSR count). The van der Waals surface area contributed by atoms with Crippen molar-refractivity contribution < 1.29 is 15.0 Å². The van der Waals surface area contributed by atoms with E-state index in [1.54, 1.807) is 36.7 Å². The Morgan fingerprint density at radius 3 is 2.41 bits per heavy atom. The number of nitrogens with zero attached hydrogens (tertiary/aromatic N) is 2. The quantitative estimate of drug-likeness (QED) is 0.278. The maximum Gasteiger partial charge on any atom is 0.234 e. The van der Waals surface area contributed by atoms with Gasteiger partial charge in [0.1, 0.15) is 0 Å². The minimum absolute atomic E-state index is 0.0686. The Hall–Kier alpha value is -3.36. The Morgan fingerprint density at radius 2 is 1.75 bits per heavy atom. The normalized spacial score (nSPS) is 12.3. The summed E-state index contributed by atoms with van der Waals surface area (Å²) in [6, 6.07) is 18.3. The van der Waals surface area contributed by atoms with E-state index >= 15 is 0 Å². The highest BCUT2D eigenvalue weighted by Gasteiger charge is 2.26. The molecular weight excluding hydrogens is 490 g/mol. The van der Waals surface area contributed by atoms with Crippen LogP contribution >= 0.6 is 27.3 Å². The highest BCUT2D eigenvalue weighted by molar-refractivity contribution is 9.10. The summed E-state index contributed by atoms with van der Waals surface area (Å²) >= 11 is 4.88. The van der Waals surface area contributed by atoms with E-state index in [-0.39, 0.29) is 24.2 Å². The summed E-state index contributed by atoms with van der Waals surface area (Å²) in [5.74, 6) is -1.02. The van der Waals surface area contributed by atoms with E-state index in [0.717, 1.165) is 20.1 Å². The summed E-state index contributed by atoms with van der Waals surface area (Å²) in [6.45, 7) is 0.0757. The molecule has 0 spiro atoms. The monoisotopic (exact) mass is 507 g/mol. The number of hydrogen-bond donors (Lipinski definition) is 3. The van der Waals surface area contributed by atoms with E-state index in [1.807, 2.05) is 36.4 Å². The summed E-state index contributed by atoms with van der Waals surface area (Å²) in [5.41, 5.74) is 0.769. The zero-order valence-corrected chi connectivity index (χ0v) is 19.1. The van der Waals surface area contributed by atoms with Crippen molar-refractivity contribution >= 4 is 59.0 Å². The summed E-state index contributed by atoms with van der Waals surface area (Å²) in [6.07, 6.45) is 3.48. The first-order chi connectivity index (χ1) is 15.5. The Kier molecular flexibility index (Phi) is 5.32. The van der Waals surface area contributed by atoms with Gasteiger partial charge >= 0.3 is 0 Å². The number of anilines is 1. The van der Waals surface area contributed by atoms with Crippen molar-refractivity contribution in [2.24, 2.45) is 0 Å². The second-order valence-electron chi connectivity index (χ2n) is 7.42. The number of thiophene rings is 1. The fourth-order valence-electron chi connectivity index (χ4n) is 3.81. The van der Waals surface area contributed by atoms with Crippen LogP contribution in [-0.4, -0.2) is 25.7 Å². The maximum absolute atomic E-state index is 13.4. The minimum Gasteiger partial charge on any atom is -0.494 e. The second kappa shape index (κ2) is 8.29. The largest absolute Gasteiger partial charge is 0.494 e. The van der Waals surface area contributed by atoms with Gasteiger partial charge in [0, 0.05) is 34.2 Å². The number of nitrogens with one attached hydrogen (secondary N) is 1. The highest BCUT2D eigenvalue weighted by atomic mass is 79.9. The average molecular weight is 508 g/mol. The van der Waals surface area contributed by atoms with Gasteiger partial charge in [-0.2, -0.15) is 0 Å². The predicted molar refractivity (Wildman–Crippen MR) is 130 cm³/mol. The molecule has 3 N–H and O–H groups in total. The van der Waals surface area contributed by atoms with Crippen molar-refractivity contribution in [2.45, 2.75) is 12.5 Å². The zero-order valence-electron chi connectivity index (χ0n) is 16.7. The van der Waals surface area contributed by atoms with Gasteiger partial charge in [0.2, 0.25) is 17.7 Å². The lowest BCUT2D eigenvalue weighted by atomic mass is 9.98. The number of halogens is 1. The van der Waals surface area contributed by atoms with Crippen molar-refractivity contribution in [2.75, 3.05) is 5.32 Å². The number of rotatable bonds is 5. The molecule has 6 nitrogen and oxygen atoms in total. The first-order valence-electron chi connectivity index (χ1n) is 9.90. The molecule has 0 aliphatic rings. The first-order valence-corrected chi connectivity index (χ1v) is 11.5. The summed E-state index contributed by atoms with van der Waals surface area (Å²) < 4.78 is 3.26. The van der Waals surface area contributed by atoms with E-state index in [1.165, 1.54) is 15.9 Å². The molecule has 32 heavy (non-hydrogen) atoms. The van der Waals surface area contributed by atoms with E-state index in [4.69, 9.17) is 0 Å². The molecule has 1 unspecified atom stereocenters. The van der Waals surface area contributed by atoms with Crippen LogP contribution in [0, 0.1) is 0 Å². The lowest BCUT2D eigenvalue weighted by Crippen LogP contribution is -2.24. The Morgan fingerprint density at radius 1 is 1.06 bits per heavy atom. The summed E-state index contributed by atoms with van der Waals surface area (Å²) in [5, 5.41) is 27.3. The van der Waals surface area contributed by atoms with Crippen molar-refractivity contribution in [3.05, 3.63) is 83.1 Å². The third-order valence-corrected chi connectivity index (χ3v) is 6.97. The minimum atomic E-state index is -0.648. The van der Waals surface area contributed by atoms with Crippen LogP contribution in [0.15, 0.2) is 77.5 Å². The van der Waals surface area contributed by atoms with Crippen LogP contribution in [0.4, 0.5) is 5.00 Å². The highest BCUT2D eigenvalue weighted by Crippen LogP contribution is 2.38. The van der Waals surface area contributed by atoms with E-state index in [2.05, 4.69) is 26.2 Å². The molecule has 160 valence electrons. The van der Waals surface area contributed by atoms with Gasteiger partial charge in [0.05, 0.1) is 15.6 Å². The van der Waals surface area contributed by atoms with Crippen LogP contribution in [0.2, 0.25) is 0 Å². The molecule has 5 aromatic rings. The number of carbonyl (C=O) groups excluding carboxylic acids is 1. The molecule has 3 heterocycles. The van der Waals surface area contributed by atoms with Gasteiger partial charge in [-0.15, -0.1) is 11.3 Å². The van der Waals surface area contributed by atoms with Crippen LogP contribution in [0.5, 0.6) is 11.8 Å². The van der Waals surface area contributed by atoms with Crippen molar-refractivity contribution in [3.63, 3.8) is 0 Å². The fourth-order valence-corrected chi connectivity index (χ4v) is 5.01. The van der Waals surface area contributed by atoms with Gasteiger partial charge in [0.15, 0.2) is 0 Å². The maximum atomic E-state index is 13.4. The molecule has 2 aromatic carbocycles. The number of aromatic nitrogens is 2. The van der Waals surface area contributed by atoms with Crippen molar-refractivity contribution in [1.29, 1.82) is 0 Å². The standard InChI is InChI=1S/C24H18BrN3O3S/c25-16-7-5-14(6-8-16)19(13-28-23(30)17-3-1-2-4-18(17)24(28)31)22(29)27-21-11-15-9-10-26-12-20(15)32-21/h1-12,19,30-31H,13H2,(H,27,29). The number of aromatic hydroxyl groups is 2. The van der Waals surface area contributed by atoms with Gasteiger partial charge in [-0.25, -0.2) is 0 Å². The Balaban J connectivity index is 1.52. The first kappa shape index (κ1) is 20.5. The number of amides is 1. The number of pyridine rings is 1. The number of hydrogen-bond acceptors (Lipinski definition) is 5. The van der Waals surface area contributed by atoms with E-state index in [0.29, 0.717) is 15.8 Å². The summed E-state index contributed by atoms with van der Waals surface area (Å²) in [7, 11) is 0. The van der Waals surface area contributed by atoms with Gasteiger partial charge in [-0.1, -0.05) is 40.2 Å². The average Bonchev–Trinajstić information content (AvgIpc) is 3.31. The second-order valence-corrected chi connectivity index (χ2v) is 9.42. The van der Waals surface area contributed by atoms with E-state index < -0.39 is 5.92 Å². The fraction of sp³-hybridized carbons (Fsp3) is 0.0833.